The fourth-order valence-electron chi connectivity index (χ4n) is 5.23. The molecule has 0 heterocycles. The van der Waals surface area contributed by atoms with Gasteiger partial charge in [0.05, 0.1) is 11.1 Å². The fourth-order valence-corrected chi connectivity index (χ4v) is 5.23. The van der Waals surface area contributed by atoms with Gasteiger partial charge in [0, 0.05) is 0 Å². The fraction of sp³-hybridized carbons (Fsp3) is 0.556. The van der Waals surface area contributed by atoms with Crippen molar-refractivity contribution in [2.75, 3.05) is 0 Å². The molecule has 46 heavy (non-hydrogen) atoms. The van der Waals surface area contributed by atoms with Crippen LogP contribution in [0, 0.1) is 5.41 Å². The molecule has 0 spiro atoms. The Hall–Kier alpha value is -4.08. The van der Waals surface area contributed by atoms with Gasteiger partial charge in [-0.1, -0.05) is 97.1 Å². The number of hydrogen-bond donors (Lipinski definition) is 6. The van der Waals surface area contributed by atoms with Gasteiger partial charge >= 0.3 is 0 Å². The van der Waals surface area contributed by atoms with Crippen molar-refractivity contribution in [2.45, 2.75) is 124 Å². The van der Waals surface area contributed by atoms with Crippen molar-refractivity contribution in [1.82, 2.24) is 21.7 Å². The predicted octanol–water partition coefficient (Wildman–Crippen LogP) is 6.54. The van der Waals surface area contributed by atoms with Gasteiger partial charge in [-0.15, -0.1) is 0 Å². The lowest BCUT2D eigenvalue weighted by Crippen LogP contribution is -2.57. The molecule has 0 unspecified atom stereocenters. The van der Waals surface area contributed by atoms with E-state index in [2.05, 4.69) is 42.5 Å². The molecular formula is C36H54N4O6. The second-order valence-corrected chi connectivity index (χ2v) is 12.3. The molecule has 2 aromatic rings. The molecule has 0 saturated carbocycles. The molecule has 6 N–H and O–H groups in total. The van der Waals surface area contributed by atoms with Gasteiger partial charge in [0.15, 0.2) is 0 Å². The summed E-state index contributed by atoms with van der Waals surface area (Å²) < 4.78 is 0. The van der Waals surface area contributed by atoms with Gasteiger partial charge in [0.2, 0.25) is 0 Å². The Bertz CT molecular complexity index is 1210. The number of aromatic hydroxyl groups is 2. The molecule has 0 atom stereocenters. The van der Waals surface area contributed by atoms with Crippen molar-refractivity contribution >= 4 is 23.6 Å². The van der Waals surface area contributed by atoms with Gasteiger partial charge in [0.25, 0.3) is 23.6 Å². The summed E-state index contributed by atoms with van der Waals surface area (Å²) in [5, 5.41) is 20.6. The lowest BCUT2D eigenvalue weighted by Gasteiger charge is -2.27. The number of carbonyl (C=O) groups excluding carboxylic acids is 4. The molecule has 0 radical (unpaired) electrons. The van der Waals surface area contributed by atoms with Crippen LogP contribution in [-0.4, -0.2) is 33.8 Å². The topological polar surface area (TPSA) is 157 Å². The number of phenols is 2. The first-order valence-corrected chi connectivity index (χ1v) is 16.9. The lowest BCUT2D eigenvalue weighted by molar-refractivity contribution is -0.144. The summed E-state index contributed by atoms with van der Waals surface area (Å²) in [5.74, 6) is -3.40. The molecule has 0 bridgehead atoms. The van der Waals surface area contributed by atoms with Gasteiger partial charge in [-0.2, -0.15) is 0 Å². The van der Waals surface area contributed by atoms with Crippen LogP contribution in [-0.2, 0) is 22.4 Å². The van der Waals surface area contributed by atoms with E-state index in [1.54, 1.807) is 24.3 Å². The van der Waals surface area contributed by atoms with Crippen LogP contribution >= 0.6 is 0 Å². The van der Waals surface area contributed by atoms with Crippen LogP contribution in [0.2, 0.25) is 0 Å². The third-order valence-electron chi connectivity index (χ3n) is 8.36. The second kappa shape index (κ2) is 20.1. The maximum Gasteiger partial charge on any atom is 0.273 e. The van der Waals surface area contributed by atoms with Crippen LogP contribution in [0.4, 0.5) is 0 Å². The van der Waals surface area contributed by atoms with E-state index in [-0.39, 0.29) is 29.0 Å². The first-order valence-electron chi connectivity index (χ1n) is 16.9. The average Bonchev–Trinajstić information content (AvgIpc) is 3.05. The summed E-state index contributed by atoms with van der Waals surface area (Å²) in [4.78, 5) is 52.9. The Morgan fingerprint density at radius 1 is 0.565 bits per heavy atom. The molecule has 2 aromatic carbocycles. The van der Waals surface area contributed by atoms with Crippen LogP contribution in [0.15, 0.2) is 36.4 Å². The number of nitrogens with one attached hydrogen (secondary N) is 4. The molecular weight excluding hydrogens is 584 g/mol. The first kappa shape index (κ1) is 38.1. The zero-order valence-corrected chi connectivity index (χ0v) is 28.1. The Labute approximate surface area is 274 Å². The molecule has 254 valence electrons. The van der Waals surface area contributed by atoms with Crippen LogP contribution < -0.4 is 21.7 Å². The number of aryl methyl sites for hydroxylation is 2. The Kier molecular flexibility index (Phi) is 16.7. The third kappa shape index (κ3) is 12.0. The van der Waals surface area contributed by atoms with Crippen molar-refractivity contribution in [2.24, 2.45) is 5.41 Å². The summed E-state index contributed by atoms with van der Waals surface area (Å²) in [6.07, 6.45) is 13.4. The maximum atomic E-state index is 13.5. The second-order valence-electron chi connectivity index (χ2n) is 12.3. The zero-order chi connectivity index (χ0) is 34.0. The molecule has 0 aromatic heterocycles. The number of carbonyl (C=O) groups is 4. The molecule has 2 rings (SSSR count). The summed E-state index contributed by atoms with van der Waals surface area (Å²) in [6, 6.07) is 9.62. The van der Waals surface area contributed by atoms with E-state index in [0.717, 1.165) is 94.6 Å². The van der Waals surface area contributed by atoms with Crippen LogP contribution in [0.3, 0.4) is 0 Å². The van der Waals surface area contributed by atoms with Crippen molar-refractivity contribution < 1.29 is 29.4 Å². The standard InChI is InChI=1S/C36H54N4O6/c1-5-8-11-12-13-16-23-36(4,34(45)39-37-32(43)28-24-26(17-14-9-6-2)19-21-30(28)41)35(46)40-38-33(44)29-25-27(18-15-10-7-3)20-22-31(29)42/h19-22,24-25,41-42H,5-18,23H2,1-4H3,(H,37,43)(H,38,44)(H,39,45)(H,40,46). The summed E-state index contributed by atoms with van der Waals surface area (Å²) in [7, 11) is 0. The Morgan fingerprint density at radius 3 is 1.39 bits per heavy atom. The van der Waals surface area contributed by atoms with Crippen molar-refractivity contribution in [3.05, 3.63) is 58.7 Å². The monoisotopic (exact) mass is 638 g/mol. The quantitative estimate of drug-likeness (QED) is 0.0583. The molecule has 10 heteroatoms. The summed E-state index contributed by atoms with van der Waals surface area (Å²) in [6.45, 7) is 7.79. The van der Waals surface area contributed by atoms with Gasteiger partial charge in [-0.05, 0) is 74.4 Å². The molecule has 0 aliphatic carbocycles. The van der Waals surface area contributed by atoms with Crippen molar-refractivity contribution in [3.63, 3.8) is 0 Å². The summed E-state index contributed by atoms with van der Waals surface area (Å²) in [5.41, 5.74) is 9.56. The van der Waals surface area contributed by atoms with Gasteiger partial charge < -0.3 is 10.2 Å². The highest BCUT2D eigenvalue weighted by molar-refractivity contribution is 6.07. The van der Waals surface area contributed by atoms with Gasteiger partial charge in [-0.25, -0.2) is 0 Å². The Morgan fingerprint density at radius 2 is 0.957 bits per heavy atom. The van der Waals surface area contributed by atoms with Crippen molar-refractivity contribution in [1.29, 1.82) is 0 Å². The first-order chi connectivity index (χ1) is 22.1. The minimum Gasteiger partial charge on any atom is -0.507 e. The zero-order valence-electron chi connectivity index (χ0n) is 28.1. The summed E-state index contributed by atoms with van der Waals surface area (Å²) >= 11 is 0. The van der Waals surface area contributed by atoms with E-state index in [1.165, 1.54) is 19.1 Å². The normalized spacial score (nSPS) is 11.1. The van der Waals surface area contributed by atoms with Crippen LogP contribution in [0.1, 0.15) is 143 Å². The maximum absolute atomic E-state index is 13.5. The SMILES string of the molecule is CCCCCCCCC(C)(C(=O)NNC(=O)c1cc(CCCCC)ccc1O)C(=O)NNC(=O)c1cc(CCCCC)ccc1O. The van der Waals surface area contributed by atoms with Gasteiger partial charge in [-0.3, -0.25) is 40.9 Å². The van der Waals surface area contributed by atoms with Crippen LogP contribution in [0.25, 0.3) is 0 Å². The van der Waals surface area contributed by atoms with Gasteiger partial charge in [0.1, 0.15) is 16.9 Å². The largest absolute Gasteiger partial charge is 0.507 e. The number of amides is 4. The lowest BCUT2D eigenvalue weighted by atomic mass is 9.82. The number of hydrogen-bond acceptors (Lipinski definition) is 6. The Balaban J connectivity index is 2.13. The molecule has 0 fully saturated rings. The van der Waals surface area contributed by atoms with E-state index < -0.39 is 29.0 Å². The number of benzene rings is 2. The average molecular weight is 639 g/mol. The highest BCUT2D eigenvalue weighted by atomic mass is 16.3. The van der Waals surface area contributed by atoms with E-state index in [9.17, 15) is 29.4 Å². The van der Waals surface area contributed by atoms with Crippen molar-refractivity contribution in [3.8, 4) is 11.5 Å². The number of hydrazine groups is 2. The van der Waals surface area contributed by atoms with E-state index in [4.69, 9.17) is 0 Å². The van der Waals surface area contributed by atoms with E-state index >= 15 is 0 Å². The number of rotatable bonds is 19. The number of phenolic OH excluding ortho intramolecular Hbond substituents is 2. The molecule has 4 amide bonds. The predicted molar refractivity (Wildman–Crippen MR) is 180 cm³/mol. The molecule has 0 aliphatic rings. The molecule has 0 saturated heterocycles. The molecule has 10 nitrogen and oxygen atoms in total. The highest BCUT2D eigenvalue weighted by Crippen LogP contribution is 2.27. The number of unbranched alkanes of at least 4 members (excludes halogenated alkanes) is 9. The third-order valence-corrected chi connectivity index (χ3v) is 8.36. The van der Waals surface area contributed by atoms with Crippen LogP contribution in [0.5, 0.6) is 11.5 Å². The minimum absolute atomic E-state index is 0.0142. The molecule has 0 aliphatic heterocycles. The smallest absolute Gasteiger partial charge is 0.273 e. The minimum atomic E-state index is -1.65. The van der Waals surface area contributed by atoms with E-state index in [1.807, 2.05) is 0 Å². The highest BCUT2D eigenvalue weighted by Gasteiger charge is 2.41. The van der Waals surface area contributed by atoms with E-state index in [0.29, 0.717) is 6.42 Å².